The van der Waals surface area contributed by atoms with E-state index in [4.69, 9.17) is 0 Å². The van der Waals surface area contributed by atoms with Crippen molar-refractivity contribution in [3.63, 3.8) is 0 Å². The zero-order valence-corrected chi connectivity index (χ0v) is 21.5. The number of anilines is 1. The van der Waals surface area contributed by atoms with Crippen molar-refractivity contribution in [1.82, 2.24) is 4.98 Å². The van der Waals surface area contributed by atoms with Crippen LogP contribution in [0.25, 0.3) is 5.32 Å². The predicted octanol–water partition coefficient (Wildman–Crippen LogP) is 5.61. The van der Waals surface area contributed by atoms with E-state index in [9.17, 15) is 13.6 Å². The molecule has 2 aromatic rings. The fraction of sp³-hybridized carbons (Fsp3) is 0.435. The number of alkyl halides is 2. The van der Waals surface area contributed by atoms with Gasteiger partial charge in [-0.15, -0.1) is 6.04 Å². The number of hydrogen-bond donors (Lipinski definition) is 1. The van der Waals surface area contributed by atoms with Gasteiger partial charge in [-0.25, -0.2) is 4.98 Å². The van der Waals surface area contributed by atoms with Crippen molar-refractivity contribution in [2.45, 2.75) is 57.6 Å². The fourth-order valence-electron chi connectivity index (χ4n) is 3.94. The third-order valence-corrected chi connectivity index (χ3v) is 5.51. The number of rotatable bonds is 7. The summed E-state index contributed by atoms with van der Waals surface area (Å²) in [5.41, 5.74) is 1.95. The number of carbonyl (C=O) groups is 1. The van der Waals surface area contributed by atoms with E-state index in [1.165, 1.54) is 0 Å². The van der Waals surface area contributed by atoms with Gasteiger partial charge in [0.25, 0.3) is 0 Å². The van der Waals surface area contributed by atoms with Crippen molar-refractivity contribution < 1.29 is 51.0 Å². The third-order valence-electron chi connectivity index (χ3n) is 5.51. The molecule has 1 aliphatic rings. The molecule has 1 aliphatic carbocycles. The minimum absolute atomic E-state index is 0. The quantitative estimate of drug-likeness (QED) is 0.497. The van der Waals surface area contributed by atoms with Crippen molar-refractivity contribution in [2.24, 2.45) is 0 Å². The van der Waals surface area contributed by atoms with E-state index in [1.807, 2.05) is 24.3 Å². The molecule has 0 spiro atoms. The zero-order chi connectivity index (χ0) is 21.2. The SMILES string of the molecule is C[N-]C1CC(C(=O)Nc2ccc(C)nc2OC(F)F)(c2ccccc2C(C)C)C1.[CH3-].[Y]. The molecular weight excluding hydrogens is 477 g/mol. The first-order valence-electron chi connectivity index (χ1n) is 9.69. The molecule has 1 N–H and O–H groups in total. The van der Waals surface area contributed by atoms with Crippen LogP contribution >= 0.6 is 0 Å². The van der Waals surface area contributed by atoms with Gasteiger partial charge in [-0.3, -0.25) is 4.79 Å². The maximum Gasteiger partial charge on any atom is 0.388 e. The first kappa shape index (κ1) is 27.6. The summed E-state index contributed by atoms with van der Waals surface area (Å²) >= 11 is 0. The third kappa shape index (κ3) is 5.88. The Morgan fingerprint density at radius 3 is 2.45 bits per heavy atom. The molecule has 1 heterocycles. The van der Waals surface area contributed by atoms with Crippen molar-refractivity contribution in [3.8, 4) is 5.88 Å². The van der Waals surface area contributed by atoms with Crippen molar-refractivity contribution in [3.05, 3.63) is 66.0 Å². The molecule has 0 bridgehead atoms. The van der Waals surface area contributed by atoms with Crippen LogP contribution in [0, 0.1) is 14.4 Å². The van der Waals surface area contributed by atoms with Crippen molar-refractivity contribution >= 4 is 11.6 Å². The fourth-order valence-corrected chi connectivity index (χ4v) is 3.94. The first-order valence-corrected chi connectivity index (χ1v) is 9.69. The number of amides is 1. The topological polar surface area (TPSA) is 65.3 Å². The minimum Gasteiger partial charge on any atom is -0.662 e. The van der Waals surface area contributed by atoms with Crippen LogP contribution in [0.1, 0.15) is 49.4 Å². The van der Waals surface area contributed by atoms with Crippen LogP contribution in [-0.4, -0.2) is 30.6 Å². The van der Waals surface area contributed by atoms with Crippen LogP contribution in [0.4, 0.5) is 14.5 Å². The number of nitrogens with one attached hydrogen (secondary N) is 1. The molecule has 1 aromatic heterocycles. The van der Waals surface area contributed by atoms with E-state index >= 15 is 0 Å². The number of aromatic nitrogens is 1. The van der Waals surface area contributed by atoms with Gasteiger partial charge in [-0.1, -0.05) is 51.0 Å². The van der Waals surface area contributed by atoms with Gasteiger partial charge in [-0.2, -0.15) is 15.8 Å². The van der Waals surface area contributed by atoms with Crippen molar-refractivity contribution in [2.75, 3.05) is 12.4 Å². The maximum atomic E-state index is 13.5. The van der Waals surface area contributed by atoms with Gasteiger partial charge in [0.05, 0.1) is 5.41 Å². The molecule has 1 amide bonds. The maximum absolute atomic E-state index is 13.5. The van der Waals surface area contributed by atoms with Gasteiger partial charge >= 0.3 is 6.61 Å². The smallest absolute Gasteiger partial charge is 0.388 e. The Bertz CT molecular complexity index is 887. The van der Waals surface area contributed by atoms with Crippen LogP contribution < -0.4 is 10.1 Å². The molecule has 3 rings (SSSR count). The second-order valence-electron chi connectivity index (χ2n) is 7.78. The van der Waals surface area contributed by atoms with Gasteiger partial charge in [-0.05, 0) is 36.1 Å². The Morgan fingerprint density at radius 1 is 1.23 bits per heavy atom. The average Bonchev–Trinajstić information content (AvgIpc) is 2.63. The zero-order valence-electron chi connectivity index (χ0n) is 18.7. The van der Waals surface area contributed by atoms with Crippen LogP contribution in [0.15, 0.2) is 36.4 Å². The molecule has 8 heteroatoms. The summed E-state index contributed by atoms with van der Waals surface area (Å²) in [5, 5.41) is 7.12. The molecule has 5 nitrogen and oxygen atoms in total. The summed E-state index contributed by atoms with van der Waals surface area (Å²) < 4.78 is 30.1. The van der Waals surface area contributed by atoms with Gasteiger partial charge in [0, 0.05) is 38.4 Å². The van der Waals surface area contributed by atoms with E-state index < -0.39 is 12.0 Å². The number of hydrogen-bond acceptors (Lipinski definition) is 3. The monoisotopic (exact) mass is 506 g/mol. The summed E-state index contributed by atoms with van der Waals surface area (Å²) in [5.74, 6) is -0.292. The summed E-state index contributed by atoms with van der Waals surface area (Å²) in [6.07, 6.45) is 1.15. The molecule has 0 aliphatic heterocycles. The second-order valence-corrected chi connectivity index (χ2v) is 7.78. The first-order chi connectivity index (χ1) is 13.8. The Labute approximate surface area is 208 Å². The second kappa shape index (κ2) is 11.4. The van der Waals surface area contributed by atoms with Gasteiger partial charge < -0.3 is 22.8 Å². The number of halogens is 2. The van der Waals surface area contributed by atoms with Crippen LogP contribution in [0.2, 0.25) is 0 Å². The summed E-state index contributed by atoms with van der Waals surface area (Å²) in [7, 11) is 1.75. The predicted molar refractivity (Wildman–Crippen MR) is 115 cm³/mol. The molecule has 0 saturated heterocycles. The number of nitrogens with zero attached hydrogens (tertiary/aromatic N) is 2. The number of benzene rings is 1. The standard InChI is InChI=1S/C22H26F2N3O2.CH3.Y/c1-13(2)16-7-5-6-8-17(16)22(11-15(12-22)25-4)20(28)27-18-10-9-14(3)26-19(18)29-21(23)24;;/h5-10,13,15,21H,11-12H2,1-4H3,(H,27,28);1H3;/q2*-1;. The molecule has 0 unspecified atom stereocenters. The average molecular weight is 506 g/mol. The van der Waals surface area contributed by atoms with E-state index in [-0.39, 0.29) is 69.6 Å². The Kier molecular flexibility index (Phi) is 10.2. The number of pyridine rings is 1. The number of aryl methyl sites for hydroxylation is 1. The van der Waals surface area contributed by atoms with Crippen LogP contribution in [-0.2, 0) is 42.9 Å². The summed E-state index contributed by atoms with van der Waals surface area (Å²) in [4.78, 5) is 17.5. The number of carbonyl (C=O) groups excluding carboxylic acids is 1. The Balaban J connectivity index is 0.00000240. The molecular formula is C23H29F2N3O2Y-2. The molecule has 1 aromatic carbocycles. The van der Waals surface area contributed by atoms with Crippen LogP contribution in [0.5, 0.6) is 5.88 Å². The molecule has 0 atom stereocenters. The van der Waals surface area contributed by atoms with Gasteiger partial charge in [0.2, 0.25) is 11.8 Å². The molecule has 1 radical (unpaired) electrons. The minimum atomic E-state index is -3.03. The molecule has 1 fully saturated rings. The van der Waals surface area contributed by atoms with E-state index in [0.717, 1.165) is 11.1 Å². The normalized spacial score (nSPS) is 19.8. The van der Waals surface area contributed by atoms with E-state index in [0.29, 0.717) is 18.5 Å². The Hall–Kier alpha value is -1.44. The number of ether oxygens (including phenoxy) is 1. The summed E-state index contributed by atoms with van der Waals surface area (Å²) in [6.45, 7) is 2.82. The summed E-state index contributed by atoms with van der Waals surface area (Å²) in [6, 6.07) is 11.2. The largest absolute Gasteiger partial charge is 0.662 e. The van der Waals surface area contributed by atoms with Gasteiger partial charge in [0.15, 0.2) is 0 Å². The molecule has 167 valence electrons. The van der Waals surface area contributed by atoms with Crippen molar-refractivity contribution in [1.29, 1.82) is 0 Å². The van der Waals surface area contributed by atoms with E-state index in [1.54, 1.807) is 26.1 Å². The molecule has 1 saturated carbocycles. The Morgan fingerprint density at radius 2 is 1.87 bits per heavy atom. The van der Waals surface area contributed by atoms with Crippen LogP contribution in [0.3, 0.4) is 0 Å². The van der Waals surface area contributed by atoms with E-state index in [2.05, 4.69) is 34.2 Å². The molecule has 31 heavy (non-hydrogen) atoms. The van der Waals surface area contributed by atoms with Gasteiger partial charge in [0.1, 0.15) is 5.69 Å².